The lowest BCUT2D eigenvalue weighted by Gasteiger charge is -2.34. The van der Waals surface area contributed by atoms with Gasteiger partial charge in [-0.3, -0.25) is 9.69 Å². The molecule has 2 heterocycles. The molecule has 1 aliphatic heterocycles. The Morgan fingerprint density at radius 2 is 1.60 bits per heavy atom. The Bertz CT molecular complexity index is 1890. The van der Waals surface area contributed by atoms with Crippen LogP contribution in [0.4, 0.5) is 4.39 Å². The van der Waals surface area contributed by atoms with Crippen LogP contribution in [0.2, 0.25) is 5.02 Å². The highest BCUT2D eigenvalue weighted by Crippen LogP contribution is 2.27. The highest BCUT2D eigenvalue weighted by atomic mass is 35.5. The zero-order chi connectivity index (χ0) is 34.7. The van der Waals surface area contributed by atoms with Crippen LogP contribution in [0, 0.1) is 12.7 Å². The number of amides is 1. The van der Waals surface area contributed by atoms with Crippen LogP contribution in [0.25, 0.3) is 6.08 Å². The van der Waals surface area contributed by atoms with E-state index in [0.717, 1.165) is 42.7 Å². The van der Waals surface area contributed by atoms with Gasteiger partial charge in [0.1, 0.15) is 29.7 Å². The number of carbonyl (C=O) groups is 1. The van der Waals surface area contributed by atoms with E-state index in [2.05, 4.69) is 34.1 Å². The number of pyridine rings is 1. The lowest BCUT2D eigenvalue weighted by Crippen LogP contribution is -2.47. The topological polar surface area (TPSA) is 64.1 Å². The zero-order valence-corrected chi connectivity index (χ0v) is 28.7. The van der Waals surface area contributed by atoms with Crippen LogP contribution in [-0.2, 0) is 24.4 Å². The molecule has 0 bridgehead atoms. The summed E-state index contributed by atoms with van der Waals surface area (Å²) in [5, 5.41) is 0.664. The predicted octanol–water partition coefficient (Wildman–Crippen LogP) is 8.53. The second kappa shape index (κ2) is 17.0. The van der Waals surface area contributed by atoms with Gasteiger partial charge in [-0.25, -0.2) is 9.37 Å². The van der Waals surface area contributed by atoms with Crippen LogP contribution in [0.5, 0.6) is 23.1 Å². The lowest BCUT2D eigenvalue weighted by atomic mass is 10.1. The number of carbonyl (C=O) groups excluding carboxylic acids is 1. The second-order valence-corrected chi connectivity index (χ2v) is 12.6. The Hall–Kier alpha value is -5.18. The smallest absolute Gasteiger partial charge is 0.246 e. The third-order valence-corrected chi connectivity index (χ3v) is 8.85. The first kappa shape index (κ1) is 34.7. The average Bonchev–Trinajstić information content (AvgIpc) is 3.14. The average molecular weight is 692 g/mol. The summed E-state index contributed by atoms with van der Waals surface area (Å²) in [4.78, 5) is 21.6. The lowest BCUT2D eigenvalue weighted by molar-refractivity contribution is -0.127. The van der Waals surface area contributed by atoms with Gasteiger partial charge in [-0.2, -0.15) is 0 Å². The largest absolute Gasteiger partial charge is 0.493 e. The monoisotopic (exact) mass is 691 g/mol. The molecular weight excluding hydrogens is 653 g/mol. The maximum absolute atomic E-state index is 13.1. The summed E-state index contributed by atoms with van der Waals surface area (Å²) < 4.78 is 30.6. The number of benzene rings is 4. The Labute approximate surface area is 297 Å². The number of rotatable bonds is 13. The van der Waals surface area contributed by atoms with Crippen molar-refractivity contribution in [1.29, 1.82) is 0 Å². The number of hydrogen-bond donors (Lipinski definition) is 0. The Kier molecular flexibility index (Phi) is 11.8. The minimum Gasteiger partial charge on any atom is -0.493 e. The van der Waals surface area contributed by atoms with Gasteiger partial charge in [0.25, 0.3) is 0 Å². The molecular formula is C41H39ClFN3O4. The summed E-state index contributed by atoms with van der Waals surface area (Å²) >= 11 is 6.21. The minimum absolute atomic E-state index is 0.0101. The van der Waals surface area contributed by atoms with Crippen molar-refractivity contribution in [2.45, 2.75) is 26.5 Å². The van der Waals surface area contributed by atoms with E-state index < -0.39 is 0 Å². The van der Waals surface area contributed by atoms with E-state index in [1.807, 2.05) is 66.4 Å². The number of aryl methyl sites for hydroxylation is 1. The molecule has 256 valence electrons. The summed E-state index contributed by atoms with van der Waals surface area (Å²) in [7, 11) is 0. The quantitative estimate of drug-likeness (QED) is 0.115. The number of hydrogen-bond acceptors (Lipinski definition) is 6. The van der Waals surface area contributed by atoms with Gasteiger partial charge in [-0.05, 0) is 83.8 Å². The first-order valence-corrected chi connectivity index (χ1v) is 17.0. The third kappa shape index (κ3) is 9.94. The first-order valence-electron chi connectivity index (χ1n) is 16.6. The van der Waals surface area contributed by atoms with Gasteiger partial charge < -0.3 is 19.1 Å². The molecule has 0 spiro atoms. The minimum atomic E-state index is -0.270. The maximum atomic E-state index is 13.1. The Balaban J connectivity index is 0.914. The van der Waals surface area contributed by atoms with E-state index in [4.69, 9.17) is 25.8 Å². The van der Waals surface area contributed by atoms with Gasteiger partial charge in [0.05, 0.1) is 12.8 Å². The highest BCUT2D eigenvalue weighted by Gasteiger charge is 2.19. The van der Waals surface area contributed by atoms with E-state index in [1.165, 1.54) is 23.3 Å². The fraction of sp³-hybridized carbons (Fsp3) is 0.220. The molecule has 0 radical (unpaired) electrons. The van der Waals surface area contributed by atoms with Crippen molar-refractivity contribution in [3.05, 3.63) is 154 Å². The molecule has 9 heteroatoms. The van der Waals surface area contributed by atoms with Gasteiger partial charge in [-0.15, -0.1) is 0 Å². The molecule has 5 aromatic rings. The van der Waals surface area contributed by atoms with E-state index in [9.17, 15) is 9.18 Å². The molecule has 0 saturated carbocycles. The third-order valence-electron chi connectivity index (χ3n) is 8.48. The molecule has 1 aliphatic rings. The maximum Gasteiger partial charge on any atom is 0.246 e. The van der Waals surface area contributed by atoms with Gasteiger partial charge in [0.2, 0.25) is 11.8 Å². The molecule has 4 aromatic carbocycles. The van der Waals surface area contributed by atoms with Gasteiger partial charge in [0, 0.05) is 61.9 Å². The first-order chi connectivity index (χ1) is 24.4. The van der Waals surface area contributed by atoms with Crippen LogP contribution in [-0.4, -0.2) is 53.5 Å². The van der Waals surface area contributed by atoms with E-state index in [0.29, 0.717) is 54.5 Å². The van der Waals surface area contributed by atoms with Crippen molar-refractivity contribution in [3.8, 4) is 23.1 Å². The van der Waals surface area contributed by atoms with Crippen molar-refractivity contribution in [2.24, 2.45) is 0 Å². The Morgan fingerprint density at radius 1 is 0.860 bits per heavy atom. The fourth-order valence-corrected chi connectivity index (χ4v) is 5.77. The van der Waals surface area contributed by atoms with Crippen LogP contribution in [0.15, 0.2) is 115 Å². The molecule has 1 fully saturated rings. The molecule has 0 N–H and O–H groups in total. The van der Waals surface area contributed by atoms with Crippen LogP contribution >= 0.6 is 11.6 Å². The fourth-order valence-electron chi connectivity index (χ4n) is 5.58. The Morgan fingerprint density at radius 3 is 2.32 bits per heavy atom. The number of ether oxygens (including phenoxy) is 3. The van der Waals surface area contributed by atoms with E-state index in [-0.39, 0.29) is 11.7 Å². The van der Waals surface area contributed by atoms with Gasteiger partial charge in [-0.1, -0.05) is 60.1 Å². The molecule has 1 aromatic heterocycles. The molecule has 7 nitrogen and oxygen atoms in total. The van der Waals surface area contributed by atoms with Crippen LogP contribution < -0.4 is 14.2 Å². The number of piperazine rings is 1. The number of aromatic nitrogens is 1. The summed E-state index contributed by atoms with van der Waals surface area (Å²) in [5.41, 5.74) is 5.18. The van der Waals surface area contributed by atoms with Crippen molar-refractivity contribution in [1.82, 2.24) is 14.8 Å². The van der Waals surface area contributed by atoms with Crippen LogP contribution in [0.1, 0.15) is 27.8 Å². The number of nitrogens with zero attached hydrogens (tertiary/aromatic N) is 3. The second-order valence-electron chi connectivity index (χ2n) is 12.1. The molecule has 0 aliphatic carbocycles. The summed E-state index contributed by atoms with van der Waals surface area (Å²) in [6.45, 7) is 6.70. The zero-order valence-electron chi connectivity index (χ0n) is 27.9. The van der Waals surface area contributed by atoms with Crippen LogP contribution in [0.3, 0.4) is 0 Å². The van der Waals surface area contributed by atoms with Gasteiger partial charge >= 0.3 is 0 Å². The standard InChI is InChI=1S/C41H39ClFN3O4/c1-30-26-32(10-17-39(30)50-40-18-16-37(27-44-40)49-29-34-4-2-3-5-38(34)42)11-19-41(47)46-23-21-45(22-24-46)28-33-8-6-31(7-9-33)20-25-48-36-14-12-35(43)13-15-36/h2-19,26-27H,20-25,28-29H2,1H3/b19-11+. The molecule has 50 heavy (non-hydrogen) atoms. The molecule has 1 saturated heterocycles. The van der Waals surface area contributed by atoms with E-state index in [1.54, 1.807) is 30.5 Å². The van der Waals surface area contributed by atoms with Crippen molar-refractivity contribution >= 4 is 23.6 Å². The summed E-state index contributed by atoms with van der Waals surface area (Å²) in [6.07, 6.45) is 5.89. The van der Waals surface area contributed by atoms with E-state index >= 15 is 0 Å². The molecule has 0 unspecified atom stereocenters. The normalized spacial score (nSPS) is 13.4. The molecule has 0 atom stereocenters. The highest BCUT2D eigenvalue weighted by molar-refractivity contribution is 6.31. The summed E-state index contributed by atoms with van der Waals surface area (Å²) in [5.74, 6) is 2.17. The predicted molar refractivity (Wildman–Crippen MR) is 194 cm³/mol. The number of halogens is 2. The van der Waals surface area contributed by atoms with Gasteiger partial charge in [0.15, 0.2) is 0 Å². The summed E-state index contributed by atoms with van der Waals surface area (Å²) in [6, 6.07) is 31.6. The molecule has 6 rings (SSSR count). The SMILES string of the molecule is Cc1cc(/C=C/C(=O)N2CCN(Cc3ccc(CCOc4ccc(F)cc4)cc3)CC2)ccc1Oc1ccc(OCc2ccccc2Cl)cn1. The van der Waals surface area contributed by atoms with Crippen molar-refractivity contribution < 1.29 is 23.4 Å². The van der Waals surface area contributed by atoms with Crippen molar-refractivity contribution in [3.63, 3.8) is 0 Å². The van der Waals surface area contributed by atoms with Crippen molar-refractivity contribution in [2.75, 3.05) is 32.8 Å². The molecule has 1 amide bonds.